The highest BCUT2D eigenvalue weighted by Crippen LogP contribution is 2.26. The van der Waals surface area contributed by atoms with E-state index < -0.39 is 6.09 Å². The Morgan fingerprint density at radius 2 is 2.00 bits per heavy atom. The van der Waals surface area contributed by atoms with Crippen molar-refractivity contribution in [3.63, 3.8) is 0 Å². The highest BCUT2D eigenvalue weighted by Gasteiger charge is 2.14. The van der Waals surface area contributed by atoms with Crippen LogP contribution in [0.5, 0.6) is 0 Å². The van der Waals surface area contributed by atoms with Gasteiger partial charge < -0.3 is 9.26 Å². The van der Waals surface area contributed by atoms with Crippen LogP contribution in [0.3, 0.4) is 0 Å². The summed E-state index contributed by atoms with van der Waals surface area (Å²) in [5.74, 6) is 0. The molecule has 7 heteroatoms. The lowest BCUT2D eigenvalue weighted by molar-refractivity contribution is 0.121. The Kier molecular flexibility index (Phi) is 4.82. The van der Waals surface area contributed by atoms with Crippen LogP contribution >= 0.6 is 31.9 Å². The Bertz CT molecular complexity index is 608. The van der Waals surface area contributed by atoms with Gasteiger partial charge in [-0.1, -0.05) is 37.0 Å². The number of hydrogen-bond donors (Lipinski definition) is 1. The van der Waals surface area contributed by atoms with Gasteiger partial charge in [-0.25, -0.2) is 4.79 Å². The first kappa shape index (κ1) is 15.1. The van der Waals surface area contributed by atoms with Gasteiger partial charge in [0.25, 0.3) is 0 Å². The number of benzene rings is 1. The molecule has 0 aliphatic heterocycles. The van der Waals surface area contributed by atoms with E-state index in [2.05, 4.69) is 42.3 Å². The highest BCUT2D eigenvalue weighted by molar-refractivity contribution is 9.11. The maximum absolute atomic E-state index is 11.8. The maximum atomic E-state index is 11.8. The SMILES string of the molecule is Cc1nocc1NC(=O)O[C@H](C)c1cc(Br)cc(Br)c1. The summed E-state index contributed by atoms with van der Waals surface area (Å²) in [5.41, 5.74) is 1.97. The Labute approximate surface area is 132 Å². The second kappa shape index (κ2) is 6.41. The smallest absolute Gasteiger partial charge is 0.412 e. The lowest BCUT2D eigenvalue weighted by Crippen LogP contribution is -2.16. The average molecular weight is 404 g/mol. The van der Waals surface area contributed by atoms with Crippen LogP contribution in [0.2, 0.25) is 0 Å². The highest BCUT2D eigenvalue weighted by atomic mass is 79.9. The van der Waals surface area contributed by atoms with E-state index in [-0.39, 0.29) is 6.10 Å². The molecule has 106 valence electrons. The van der Waals surface area contributed by atoms with Crippen LogP contribution in [-0.4, -0.2) is 11.2 Å². The van der Waals surface area contributed by atoms with E-state index >= 15 is 0 Å². The van der Waals surface area contributed by atoms with Crippen LogP contribution in [0.25, 0.3) is 0 Å². The topological polar surface area (TPSA) is 64.4 Å². The number of hydrogen-bond acceptors (Lipinski definition) is 4. The number of ether oxygens (including phenoxy) is 1. The molecule has 1 atom stereocenters. The van der Waals surface area contributed by atoms with E-state index in [1.807, 2.05) is 18.2 Å². The molecule has 2 aromatic rings. The van der Waals surface area contributed by atoms with Gasteiger partial charge in [0.1, 0.15) is 23.7 Å². The van der Waals surface area contributed by atoms with Gasteiger partial charge in [0, 0.05) is 8.95 Å². The van der Waals surface area contributed by atoms with E-state index in [9.17, 15) is 4.79 Å². The molecule has 1 aromatic heterocycles. The zero-order chi connectivity index (χ0) is 14.7. The molecule has 1 heterocycles. The monoisotopic (exact) mass is 402 g/mol. The van der Waals surface area contributed by atoms with Crippen molar-refractivity contribution >= 4 is 43.6 Å². The molecule has 0 fully saturated rings. The summed E-state index contributed by atoms with van der Waals surface area (Å²) in [6.07, 6.45) is 0.417. The van der Waals surface area contributed by atoms with Crippen molar-refractivity contribution < 1.29 is 14.1 Å². The van der Waals surface area contributed by atoms with Crippen LogP contribution in [0.4, 0.5) is 10.5 Å². The number of aryl methyl sites for hydroxylation is 1. The fraction of sp³-hybridized carbons (Fsp3) is 0.231. The number of aromatic nitrogens is 1. The molecule has 1 amide bonds. The molecule has 1 N–H and O–H groups in total. The third-order valence-electron chi connectivity index (χ3n) is 2.62. The number of rotatable bonds is 3. The van der Waals surface area contributed by atoms with Crippen LogP contribution in [0.15, 0.2) is 37.9 Å². The van der Waals surface area contributed by atoms with Gasteiger partial charge in [0.2, 0.25) is 0 Å². The zero-order valence-corrected chi connectivity index (χ0v) is 14.0. The first-order valence-electron chi connectivity index (χ1n) is 5.80. The second-order valence-electron chi connectivity index (χ2n) is 4.19. The summed E-state index contributed by atoms with van der Waals surface area (Å²) in [4.78, 5) is 11.8. The van der Waals surface area contributed by atoms with Gasteiger partial charge in [-0.3, -0.25) is 5.32 Å². The lowest BCUT2D eigenvalue weighted by atomic mass is 10.1. The molecule has 0 saturated heterocycles. The Morgan fingerprint density at radius 1 is 1.35 bits per heavy atom. The van der Waals surface area contributed by atoms with Crippen molar-refractivity contribution in [3.8, 4) is 0 Å². The number of nitrogens with zero attached hydrogens (tertiary/aromatic N) is 1. The number of halogens is 2. The maximum Gasteiger partial charge on any atom is 0.412 e. The third-order valence-corrected chi connectivity index (χ3v) is 3.54. The normalized spacial score (nSPS) is 12.0. The molecule has 0 aliphatic carbocycles. The van der Waals surface area contributed by atoms with Crippen molar-refractivity contribution in [2.75, 3.05) is 5.32 Å². The molecular weight excluding hydrogens is 392 g/mol. The molecule has 0 bridgehead atoms. The quantitative estimate of drug-likeness (QED) is 0.797. The molecule has 0 unspecified atom stereocenters. The van der Waals surface area contributed by atoms with Crippen LogP contribution in [0, 0.1) is 6.92 Å². The van der Waals surface area contributed by atoms with E-state index in [1.54, 1.807) is 13.8 Å². The predicted octanol–water partition coefficient (Wildman–Crippen LogP) is 4.82. The molecule has 0 radical (unpaired) electrons. The van der Waals surface area contributed by atoms with Crippen molar-refractivity contribution in [3.05, 3.63) is 44.7 Å². The fourth-order valence-corrected chi connectivity index (χ4v) is 2.92. The molecular formula is C13H12Br2N2O3. The zero-order valence-electron chi connectivity index (χ0n) is 10.8. The molecule has 2 rings (SSSR count). The summed E-state index contributed by atoms with van der Waals surface area (Å²) >= 11 is 6.80. The summed E-state index contributed by atoms with van der Waals surface area (Å²) in [5, 5.41) is 6.25. The van der Waals surface area contributed by atoms with Crippen LogP contribution in [-0.2, 0) is 4.74 Å². The van der Waals surface area contributed by atoms with Crippen LogP contribution < -0.4 is 5.32 Å². The standard InChI is InChI=1S/C13H12Br2N2O3/c1-7-12(6-19-17-7)16-13(18)20-8(2)9-3-10(14)5-11(15)4-9/h3-6,8H,1-2H3,(H,16,18)/t8-/m1/s1. The molecule has 5 nitrogen and oxygen atoms in total. The summed E-state index contributed by atoms with van der Waals surface area (Å²) in [7, 11) is 0. The Morgan fingerprint density at radius 3 is 2.55 bits per heavy atom. The predicted molar refractivity (Wildman–Crippen MR) is 81.6 cm³/mol. The lowest BCUT2D eigenvalue weighted by Gasteiger charge is -2.14. The van der Waals surface area contributed by atoms with E-state index in [0.29, 0.717) is 11.4 Å². The van der Waals surface area contributed by atoms with E-state index in [0.717, 1.165) is 14.5 Å². The van der Waals surface area contributed by atoms with Gasteiger partial charge in [-0.2, -0.15) is 0 Å². The van der Waals surface area contributed by atoms with Crippen molar-refractivity contribution in [1.29, 1.82) is 0 Å². The second-order valence-corrected chi connectivity index (χ2v) is 6.02. The molecule has 20 heavy (non-hydrogen) atoms. The molecule has 1 aromatic carbocycles. The number of carbonyl (C=O) groups is 1. The Balaban J connectivity index is 2.02. The first-order valence-corrected chi connectivity index (χ1v) is 7.39. The minimum atomic E-state index is -0.556. The van der Waals surface area contributed by atoms with Gasteiger partial charge in [-0.05, 0) is 37.6 Å². The molecule has 0 spiro atoms. The Hall–Kier alpha value is -1.34. The summed E-state index contributed by atoms with van der Waals surface area (Å²) in [6, 6.07) is 5.71. The largest absolute Gasteiger partial charge is 0.441 e. The summed E-state index contributed by atoms with van der Waals surface area (Å²) < 4.78 is 11.9. The van der Waals surface area contributed by atoms with Crippen molar-refractivity contribution in [2.45, 2.75) is 20.0 Å². The van der Waals surface area contributed by atoms with Gasteiger partial charge in [-0.15, -0.1) is 0 Å². The summed E-state index contributed by atoms with van der Waals surface area (Å²) in [6.45, 7) is 3.53. The van der Waals surface area contributed by atoms with Crippen LogP contribution in [0.1, 0.15) is 24.3 Å². The average Bonchev–Trinajstić information content (AvgIpc) is 2.73. The van der Waals surface area contributed by atoms with Gasteiger partial charge in [0.15, 0.2) is 0 Å². The van der Waals surface area contributed by atoms with Crippen molar-refractivity contribution in [1.82, 2.24) is 5.16 Å². The van der Waals surface area contributed by atoms with Crippen molar-refractivity contribution in [2.24, 2.45) is 0 Å². The molecule has 0 aliphatic rings. The number of carbonyl (C=O) groups excluding carboxylic acids is 1. The minimum Gasteiger partial charge on any atom is -0.441 e. The minimum absolute atomic E-state index is 0.385. The van der Waals surface area contributed by atoms with E-state index in [1.165, 1.54) is 6.26 Å². The van der Waals surface area contributed by atoms with E-state index in [4.69, 9.17) is 9.26 Å². The third kappa shape index (κ3) is 3.83. The first-order chi connectivity index (χ1) is 9.45. The van der Waals surface area contributed by atoms with Gasteiger partial charge >= 0.3 is 6.09 Å². The molecule has 0 saturated carbocycles. The number of anilines is 1. The number of amides is 1. The fourth-order valence-electron chi connectivity index (χ4n) is 1.59. The van der Waals surface area contributed by atoms with Gasteiger partial charge in [0.05, 0.1) is 0 Å². The number of nitrogens with one attached hydrogen (secondary N) is 1.